The fourth-order valence-corrected chi connectivity index (χ4v) is 3.39. The lowest BCUT2D eigenvalue weighted by Gasteiger charge is -2.22. The van der Waals surface area contributed by atoms with Crippen LogP contribution in [-0.4, -0.2) is 18.6 Å². The zero-order valence-corrected chi connectivity index (χ0v) is 15.2. The van der Waals surface area contributed by atoms with Crippen LogP contribution >= 0.6 is 0 Å². The number of anilines is 1. The van der Waals surface area contributed by atoms with Crippen molar-refractivity contribution < 1.29 is 14.3 Å². The van der Waals surface area contributed by atoms with Crippen LogP contribution in [0, 0.1) is 0 Å². The van der Waals surface area contributed by atoms with Crippen molar-refractivity contribution in [1.29, 1.82) is 0 Å². The predicted molar refractivity (Wildman–Crippen MR) is 106 cm³/mol. The molecule has 0 N–H and O–H groups in total. The topological polar surface area (TPSA) is 38.8 Å². The van der Waals surface area contributed by atoms with E-state index in [9.17, 15) is 4.79 Å². The summed E-state index contributed by atoms with van der Waals surface area (Å²) in [6, 6.07) is 25.1. The van der Waals surface area contributed by atoms with E-state index in [1.54, 1.807) is 0 Å². The summed E-state index contributed by atoms with van der Waals surface area (Å²) < 4.78 is 11.5. The van der Waals surface area contributed by atoms with E-state index in [4.69, 9.17) is 9.47 Å². The molecule has 1 aliphatic rings. The number of rotatable bonds is 5. The Morgan fingerprint density at radius 1 is 0.889 bits per heavy atom. The highest BCUT2D eigenvalue weighted by molar-refractivity contribution is 5.97. The number of benzene rings is 3. The number of nitrogens with zero attached hydrogens (tertiary/aromatic N) is 1. The maximum atomic E-state index is 12.7. The number of ether oxygens (including phenoxy) is 2. The molecule has 3 aromatic carbocycles. The molecule has 4 nitrogen and oxygen atoms in total. The molecular weight excluding hydrogens is 338 g/mol. The van der Waals surface area contributed by atoms with Crippen LogP contribution in [0.3, 0.4) is 0 Å². The molecule has 0 bridgehead atoms. The van der Waals surface area contributed by atoms with Crippen LogP contribution in [0.25, 0.3) is 0 Å². The molecule has 136 valence electrons. The van der Waals surface area contributed by atoms with Gasteiger partial charge in [0.1, 0.15) is 17.2 Å². The molecule has 0 radical (unpaired) electrons. The third-order valence-corrected chi connectivity index (χ3v) is 4.64. The molecule has 0 saturated heterocycles. The van der Waals surface area contributed by atoms with Crippen molar-refractivity contribution in [1.82, 2.24) is 0 Å². The van der Waals surface area contributed by atoms with E-state index in [1.165, 1.54) is 5.56 Å². The van der Waals surface area contributed by atoms with Crippen LogP contribution < -0.4 is 14.4 Å². The Kier molecular flexibility index (Phi) is 4.79. The van der Waals surface area contributed by atoms with Crippen LogP contribution in [0.4, 0.5) is 5.69 Å². The SMILES string of the molecule is C[C@@H]1Cc2ccccc2N1C(=O)COc1ccc(Oc2ccccc2)cc1. The largest absolute Gasteiger partial charge is 0.484 e. The molecule has 0 aromatic heterocycles. The van der Waals surface area contributed by atoms with Crippen molar-refractivity contribution in [2.24, 2.45) is 0 Å². The average molecular weight is 359 g/mol. The Bertz CT molecular complexity index is 922. The van der Waals surface area contributed by atoms with Crippen molar-refractivity contribution in [3.63, 3.8) is 0 Å². The van der Waals surface area contributed by atoms with Gasteiger partial charge in [0.25, 0.3) is 5.91 Å². The lowest BCUT2D eigenvalue weighted by Crippen LogP contribution is -2.39. The van der Waals surface area contributed by atoms with E-state index in [1.807, 2.05) is 77.7 Å². The Morgan fingerprint density at radius 2 is 1.52 bits per heavy atom. The number of carbonyl (C=O) groups is 1. The molecule has 27 heavy (non-hydrogen) atoms. The number of para-hydroxylation sites is 2. The second-order valence-corrected chi connectivity index (χ2v) is 6.62. The van der Waals surface area contributed by atoms with Crippen molar-refractivity contribution in [2.45, 2.75) is 19.4 Å². The number of hydrogen-bond donors (Lipinski definition) is 0. The monoisotopic (exact) mass is 359 g/mol. The summed E-state index contributed by atoms with van der Waals surface area (Å²) in [7, 11) is 0. The van der Waals surface area contributed by atoms with E-state index in [-0.39, 0.29) is 18.6 Å². The van der Waals surface area contributed by atoms with Crippen LogP contribution in [-0.2, 0) is 11.2 Å². The third kappa shape index (κ3) is 3.80. The first kappa shape index (κ1) is 17.2. The van der Waals surface area contributed by atoms with Crippen molar-refractivity contribution in [3.05, 3.63) is 84.4 Å². The smallest absolute Gasteiger partial charge is 0.265 e. The maximum absolute atomic E-state index is 12.7. The normalized spacial score (nSPS) is 15.3. The Labute approximate surface area is 159 Å². The third-order valence-electron chi connectivity index (χ3n) is 4.64. The molecule has 0 spiro atoms. The first-order valence-electron chi connectivity index (χ1n) is 9.06. The van der Waals surface area contributed by atoms with Crippen LogP contribution in [0.15, 0.2) is 78.9 Å². The summed E-state index contributed by atoms with van der Waals surface area (Å²) in [5, 5.41) is 0. The standard InChI is InChI=1S/C23H21NO3/c1-17-15-18-7-5-6-10-22(18)24(17)23(25)16-26-19-11-13-21(14-12-19)27-20-8-3-2-4-9-20/h2-14,17H,15-16H2,1H3/t17-/m1/s1. The van der Waals surface area contributed by atoms with Gasteiger partial charge < -0.3 is 14.4 Å². The lowest BCUT2D eigenvalue weighted by molar-refractivity contribution is -0.120. The van der Waals surface area contributed by atoms with Gasteiger partial charge in [0.05, 0.1) is 0 Å². The van der Waals surface area contributed by atoms with Crippen LogP contribution in [0.5, 0.6) is 17.2 Å². The van der Waals surface area contributed by atoms with Gasteiger partial charge in [-0.15, -0.1) is 0 Å². The van der Waals surface area contributed by atoms with Gasteiger partial charge in [-0.05, 0) is 61.4 Å². The summed E-state index contributed by atoms with van der Waals surface area (Å²) in [6.07, 6.45) is 0.882. The first-order valence-corrected chi connectivity index (χ1v) is 9.06. The fourth-order valence-electron chi connectivity index (χ4n) is 3.39. The molecular formula is C23H21NO3. The molecule has 0 fully saturated rings. The molecule has 3 aromatic rings. The second kappa shape index (κ2) is 7.54. The van der Waals surface area contributed by atoms with Crippen molar-refractivity contribution >= 4 is 11.6 Å². The Hall–Kier alpha value is -3.27. The van der Waals surface area contributed by atoms with E-state index in [0.717, 1.165) is 23.6 Å². The minimum Gasteiger partial charge on any atom is -0.484 e. The van der Waals surface area contributed by atoms with E-state index in [2.05, 4.69) is 13.0 Å². The molecule has 4 rings (SSSR count). The van der Waals surface area contributed by atoms with Crippen molar-refractivity contribution in [2.75, 3.05) is 11.5 Å². The van der Waals surface area contributed by atoms with Gasteiger partial charge in [0, 0.05) is 11.7 Å². The Morgan fingerprint density at radius 3 is 2.30 bits per heavy atom. The summed E-state index contributed by atoms with van der Waals surface area (Å²) in [5.74, 6) is 2.12. The molecule has 4 heteroatoms. The molecule has 1 heterocycles. The molecule has 0 saturated carbocycles. The summed E-state index contributed by atoms with van der Waals surface area (Å²) >= 11 is 0. The van der Waals surface area contributed by atoms with Gasteiger partial charge in [-0.2, -0.15) is 0 Å². The summed E-state index contributed by atoms with van der Waals surface area (Å²) in [4.78, 5) is 14.5. The number of hydrogen-bond acceptors (Lipinski definition) is 3. The van der Waals surface area contributed by atoms with E-state index >= 15 is 0 Å². The fraction of sp³-hybridized carbons (Fsp3) is 0.174. The van der Waals surface area contributed by atoms with Crippen molar-refractivity contribution in [3.8, 4) is 17.2 Å². The number of carbonyl (C=O) groups excluding carboxylic acids is 1. The highest BCUT2D eigenvalue weighted by atomic mass is 16.5. The zero-order chi connectivity index (χ0) is 18.6. The minimum atomic E-state index is -0.0305. The maximum Gasteiger partial charge on any atom is 0.265 e. The van der Waals surface area contributed by atoms with Gasteiger partial charge in [-0.3, -0.25) is 4.79 Å². The van der Waals surface area contributed by atoms with E-state index in [0.29, 0.717) is 5.75 Å². The number of amides is 1. The van der Waals surface area contributed by atoms with Gasteiger partial charge >= 0.3 is 0 Å². The summed E-state index contributed by atoms with van der Waals surface area (Å²) in [6.45, 7) is 2.07. The number of fused-ring (bicyclic) bond motifs is 1. The average Bonchev–Trinajstić information content (AvgIpc) is 3.04. The quantitative estimate of drug-likeness (QED) is 0.655. The van der Waals surface area contributed by atoms with Gasteiger partial charge in [0.15, 0.2) is 6.61 Å². The van der Waals surface area contributed by atoms with Crippen LogP contribution in [0.1, 0.15) is 12.5 Å². The van der Waals surface area contributed by atoms with Crippen LogP contribution in [0.2, 0.25) is 0 Å². The highest BCUT2D eigenvalue weighted by Crippen LogP contribution is 2.32. The molecule has 1 aliphatic heterocycles. The van der Waals surface area contributed by atoms with Gasteiger partial charge in [0.2, 0.25) is 0 Å². The minimum absolute atomic E-state index is 0.0115. The molecule has 0 unspecified atom stereocenters. The highest BCUT2D eigenvalue weighted by Gasteiger charge is 2.30. The lowest BCUT2D eigenvalue weighted by atomic mass is 10.1. The summed E-state index contributed by atoms with van der Waals surface area (Å²) in [5.41, 5.74) is 2.20. The first-order chi connectivity index (χ1) is 13.2. The predicted octanol–water partition coefficient (Wildman–Crippen LogP) is 4.84. The molecule has 1 atom stereocenters. The zero-order valence-electron chi connectivity index (χ0n) is 15.2. The molecule has 0 aliphatic carbocycles. The van der Waals surface area contributed by atoms with Gasteiger partial charge in [-0.25, -0.2) is 0 Å². The Balaban J connectivity index is 1.37. The molecule has 1 amide bonds. The van der Waals surface area contributed by atoms with Gasteiger partial charge in [-0.1, -0.05) is 36.4 Å². The van der Waals surface area contributed by atoms with E-state index < -0.39 is 0 Å². The second-order valence-electron chi connectivity index (χ2n) is 6.62.